The molecule has 0 amide bonds. The first-order chi connectivity index (χ1) is 6.65. The van der Waals surface area contributed by atoms with Gasteiger partial charge in [0.15, 0.2) is 0 Å². The van der Waals surface area contributed by atoms with E-state index < -0.39 is 0 Å². The Hall–Kier alpha value is -1.22. The molecule has 0 bridgehead atoms. The highest BCUT2D eigenvalue weighted by Crippen LogP contribution is 2.19. The maximum Gasteiger partial charge on any atom is 0.0384 e. The quantitative estimate of drug-likeness (QED) is 0.707. The summed E-state index contributed by atoms with van der Waals surface area (Å²) in [5.74, 6) is 0. The Morgan fingerprint density at radius 3 is 2.71 bits per heavy atom. The zero-order chi connectivity index (χ0) is 10.6. The third kappa shape index (κ3) is 2.64. The minimum absolute atomic E-state index is 0.860. The molecule has 0 saturated heterocycles. The maximum absolute atomic E-state index is 5.84. The second-order valence-electron chi connectivity index (χ2n) is 3.57. The van der Waals surface area contributed by atoms with Gasteiger partial charge in [0.05, 0.1) is 0 Å². The highest BCUT2D eigenvalue weighted by atomic mass is 15.1. The molecule has 3 heteroatoms. The molecule has 14 heavy (non-hydrogen) atoms. The number of nitrogens with one attached hydrogen (secondary N) is 1. The fourth-order valence-corrected chi connectivity index (χ4v) is 1.27. The van der Waals surface area contributed by atoms with Crippen LogP contribution in [-0.4, -0.2) is 27.2 Å². The summed E-state index contributed by atoms with van der Waals surface area (Å²) >= 11 is 0. The predicted molar refractivity (Wildman–Crippen MR) is 62.8 cm³/mol. The zero-order valence-corrected chi connectivity index (χ0v) is 9.17. The monoisotopic (exact) mass is 193 g/mol. The highest BCUT2D eigenvalue weighted by Gasteiger charge is 2.01. The summed E-state index contributed by atoms with van der Waals surface area (Å²) in [6, 6.07) is 6.17. The first kappa shape index (κ1) is 10.9. The summed E-state index contributed by atoms with van der Waals surface area (Å²) in [6.45, 7) is 3.98. The van der Waals surface area contributed by atoms with Crippen LogP contribution in [0.25, 0.3) is 0 Å². The highest BCUT2D eigenvalue weighted by molar-refractivity contribution is 5.59. The van der Waals surface area contributed by atoms with Crippen LogP contribution in [0.3, 0.4) is 0 Å². The van der Waals surface area contributed by atoms with Crippen LogP contribution in [0.1, 0.15) is 5.56 Å². The molecular formula is C11H19N3. The molecule has 0 fully saturated rings. The molecule has 1 aromatic rings. The number of aryl methyl sites for hydroxylation is 1. The van der Waals surface area contributed by atoms with Gasteiger partial charge in [-0.05, 0) is 31.7 Å². The van der Waals surface area contributed by atoms with Crippen molar-refractivity contribution >= 4 is 11.4 Å². The Labute approximate surface area is 85.9 Å². The Balaban J connectivity index is 2.70. The average Bonchev–Trinajstić information content (AvgIpc) is 2.18. The Kier molecular flexibility index (Phi) is 3.77. The molecule has 0 radical (unpaired) electrons. The summed E-state index contributed by atoms with van der Waals surface area (Å²) in [5, 5.41) is 3.12. The number of benzene rings is 1. The van der Waals surface area contributed by atoms with Crippen LogP contribution in [0.4, 0.5) is 11.4 Å². The van der Waals surface area contributed by atoms with Gasteiger partial charge in [0.25, 0.3) is 0 Å². The van der Waals surface area contributed by atoms with Crippen LogP contribution in [0.2, 0.25) is 0 Å². The van der Waals surface area contributed by atoms with Crippen LogP contribution in [0.5, 0.6) is 0 Å². The molecule has 0 spiro atoms. The minimum atomic E-state index is 0.860. The molecule has 0 atom stereocenters. The Morgan fingerprint density at radius 1 is 1.43 bits per heavy atom. The van der Waals surface area contributed by atoms with Crippen molar-refractivity contribution < 1.29 is 0 Å². The van der Waals surface area contributed by atoms with E-state index in [1.807, 2.05) is 20.0 Å². The van der Waals surface area contributed by atoms with Crippen LogP contribution in [0, 0.1) is 6.92 Å². The molecule has 3 nitrogen and oxygen atoms in total. The number of hydrogen-bond acceptors (Lipinski definition) is 3. The van der Waals surface area contributed by atoms with Crippen LogP contribution in [-0.2, 0) is 0 Å². The van der Waals surface area contributed by atoms with Crippen molar-refractivity contribution in [2.75, 3.05) is 37.8 Å². The first-order valence-corrected chi connectivity index (χ1v) is 4.87. The summed E-state index contributed by atoms with van der Waals surface area (Å²) in [4.78, 5) is 2.19. The molecule has 0 aliphatic carbocycles. The molecule has 1 aromatic carbocycles. The number of likely N-dealkylation sites (N-methyl/N-ethyl adjacent to an activating group) is 2. The van der Waals surface area contributed by atoms with Crippen molar-refractivity contribution in [3.05, 3.63) is 23.8 Å². The SMILES string of the molecule is CNCCN(C)c1ccc(C)c(N)c1. The lowest BCUT2D eigenvalue weighted by Crippen LogP contribution is -2.27. The number of nitrogens with two attached hydrogens (primary N) is 1. The van der Waals surface area contributed by atoms with Gasteiger partial charge in [0.2, 0.25) is 0 Å². The van der Waals surface area contributed by atoms with Crippen LogP contribution < -0.4 is 16.0 Å². The van der Waals surface area contributed by atoms with Gasteiger partial charge in [-0.25, -0.2) is 0 Å². The lowest BCUT2D eigenvalue weighted by molar-refractivity contribution is 0.768. The Bertz CT molecular complexity index is 297. The van der Waals surface area contributed by atoms with E-state index in [2.05, 4.69) is 29.4 Å². The molecule has 3 N–H and O–H groups in total. The number of hydrogen-bond donors (Lipinski definition) is 2. The lowest BCUT2D eigenvalue weighted by atomic mass is 10.2. The molecule has 0 aromatic heterocycles. The fourth-order valence-electron chi connectivity index (χ4n) is 1.27. The molecule has 0 heterocycles. The number of rotatable bonds is 4. The number of nitrogens with zero attached hydrogens (tertiary/aromatic N) is 1. The van der Waals surface area contributed by atoms with Crippen molar-refractivity contribution in [3.63, 3.8) is 0 Å². The predicted octanol–water partition coefficient (Wildman–Crippen LogP) is 1.23. The maximum atomic E-state index is 5.84. The normalized spacial score (nSPS) is 10.2. The van der Waals surface area contributed by atoms with E-state index in [1.54, 1.807) is 0 Å². The number of anilines is 2. The molecule has 1 rings (SSSR count). The van der Waals surface area contributed by atoms with Gasteiger partial charge in [-0.2, -0.15) is 0 Å². The van der Waals surface area contributed by atoms with Crippen LogP contribution >= 0.6 is 0 Å². The summed E-state index contributed by atoms with van der Waals surface area (Å²) in [6.07, 6.45) is 0. The van der Waals surface area contributed by atoms with E-state index in [0.717, 1.165) is 24.3 Å². The van der Waals surface area contributed by atoms with Gasteiger partial charge in [0, 0.05) is 31.5 Å². The first-order valence-electron chi connectivity index (χ1n) is 4.87. The van der Waals surface area contributed by atoms with E-state index in [4.69, 9.17) is 5.73 Å². The van der Waals surface area contributed by atoms with Gasteiger partial charge in [-0.1, -0.05) is 6.07 Å². The molecule has 0 aliphatic rings. The van der Waals surface area contributed by atoms with Gasteiger partial charge in [0.1, 0.15) is 0 Å². The summed E-state index contributed by atoms with van der Waals surface area (Å²) in [5.41, 5.74) is 9.01. The molecular weight excluding hydrogens is 174 g/mol. The van der Waals surface area contributed by atoms with Gasteiger partial charge >= 0.3 is 0 Å². The molecule has 78 valence electrons. The van der Waals surface area contributed by atoms with Crippen molar-refractivity contribution in [1.29, 1.82) is 0 Å². The summed E-state index contributed by atoms with van der Waals surface area (Å²) < 4.78 is 0. The minimum Gasteiger partial charge on any atom is -0.398 e. The van der Waals surface area contributed by atoms with Gasteiger partial charge < -0.3 is 16.0 Å². The average molecular weight is 193 g/mol. The van der Waals surface area contributed by atoms with Crippen molar-refractivity contribution in [2.24, 2.45) is 0 Å². The second-order valence-corrected chi connectivity index (χ2v) is 3.57. The van der Waals surface area contributed by atoms with Gasteiger partial charge in [-0.15, -0.1) is 0 Å². The molecule has 0 aliphatic heterocycles. The van der Waals surface area contributed by atoms with Gasteiger partial charge in [-0.3, -0.25) is 0 Å². The van der Waals surface area contributed by atoms with E-state index >= 15 is 0 Å². The standard InChI is InChI=1S/C11H19N3/c1-9-4-5-10(8-11(9)12)14(3)7-6-13-2/h4-5,8,13H,6-7,12H2,1-3H3. The topological polar surface area (TPSA) is 41.3 Å². The van der Waals surface area contributed by atoms with E-state index in [-0.39, 0.29) is 0 Å². The molecule has 0 unspecified atom stereocenters. The fraction of sp³-hybridized carbons (Fsp3) is 0.455. The lowest BCUT2D eigenvalue weighted by Gasteiger charge is -2.19. The van der Waals surface area contributed by atoms with Crippen molar-refractivity contribution in [2.45, 2.75) is 6.92 Å². The molecule has 0 saturated carbocycles. The van der Waals surface area contributed by atoms with E-state index in [9.17, 15) is 0 Å². The smallest absolute Gasteiger partial charge is 0.0384 e. The largest absolute Gasteiger partial charge is 0.398 e. The van der Waals surface area contributed by atoms with E-state index in [0.29, 0.717) is 0 Å². The van der Waals surface area contributed by atoms with Crippen LogP contribution in [0.15, 0.2) is 18.2 Å². The van der Waals surface area contributed by atoms with E-state index in [1.165, 1.54) is 5.69 Å². The zero-order valence-electron chi connectivity index (χ0n) is 9.17. The second kappa shape index (κ2) is 4.86. The van der Waals surface area contributed by atoms with Crippen molar-refractivity contribution in [3.8, 4) is 0 Å². The third-order valence-corrected chi connectivity index (χ3v) is 2.40. The summed E-state index contributed by atoms with van der Waals surface area (Å²) in [7, 11) is 4.03. The Morgan fingerprint density at radius 2 is 2.14 bits per heavy atom. The third-order valence-electron chi connectivity index (χ3n) is 2.40. The van der Waals surface area contributed by atoms with Crippen molar-refractivity contribution in [1.82, 2.24) is 5.32 Å². The number of nitrogen functional groups attached to an aromatic ring is 1.